The second-order valence-corrected chi connectivity index (χ2v) is 6.83. The summed E-state index contributed by atoms with van der Waals surface area (Å²) in [6.07, 6.45) is 6.45. The number of carbonyl (C=O) groups is 1. The third-order valence-electron chi connectivity index (χ3n) is 4.60. The summed E-state index contributed by atoms with van der Waals surface area (Å²) in [5, 5.41) is 9.42. The van der Waals surface area contributed by atoms with Crippen LogP contribution in [0.25, 0.3) is 0 Å². The van der Waals surface area contributed by atoms with Gasteiger partial charge in [-0.1, -0.05) is 26.8 Å². The van der Waals surface area contributed by atoms with E-state index in [-0.39, 0.29) is 17.3 Å². The predicted molar refractivity (Wildman–Crippen MR) is 79.6 cm³/mol. The summed E-state index contributed by atoms with van der Waals surface area (Å²) in [6.45, 7) is 6.60. The van der Waals surface area contributed by atoms with Crippen molar-refractivity contribution in [1.82, 2.24) is 4.98 Å². The molecule has 1 aromatic heterocycles. The Labute approximate surface area is 121 Å². The molecule has 1 aromatic rings. The first kappa shape index (κ1) is 15.0. The molecule has 2 atom stereocenters. The first-order valence-electron chi connectivity index (χ1n) is 7.58. The number of carboxylic acid groups (broad SMARTS) is 1. The van der Waals surface area contributed by atoms with Crippen molar-refractivity contribution in [3.8, 4) is 0 Å². The molecule has 110 valence electrons. The van der Waals surface area contributed by atoms with Gasteiger partial charge in [0, 0.05) is 11.9 Å². The molecule has 0 bridgehead atoms. The summed E-state index contributed by atoms with van der Waals surface area (Å²) in [7, 11) is 0. The van der Waals surface area contributed by atoms with Crippen LogP contribution in [0.3, 0.4) is 0 Å². The van der Waals surface area contributed by atoms with Gasteiger partial charge in [-0.15, -0.1) is 0 Å². The lowest BCUT2D eigenvalue weighted by Gasteiger charge is -2.39. The lowest BCUT2D eigenvalue weighted by molar-refractivity contribution is -0.146. The van der Waals surface area contributed by atoms with Gasteiger partial charge in [-0.05, 0) is 55.1 Å². The summed E-state index contributed by atoms with van der Waals surface area (Å²) in [5.74, 6) is -0.650. The van der Waals surface area contributed by atoms with Gasteiger partial charge in [0.15, 0.2) is 0 Å². The molecule has 0 aromatic carbocycles. The summed E-state index contributed by atoms with van der Waals surface area (Å²) < 4.78 is 0. The van der Waals surface area contributed by atoms with E-state index >= 15 is 0 Å². The number of carboxylic acids is 1. The number of pyridine rings is 1. The van der Waals surface area contributed by atoms with E-state index in [1.807, 2.05) is 6.20 Å². The highest BCUT2D eigenvalue weighted by molar-refractivity contribution is 5.70. The maximum atomic E-state index is 11.4. The van der Waals surface area contributed by atoms with Crippen molar-refractivity contribution in [2.24, 2.45) is 17.3 Å². The third kappa shape index (κ3) is 3.59. The molecule has 1 N–H and O–H groups in total. The molecule has 20 heavy (non-hydrogen) atoms. The number of rotatable bonds is 4. The number of aliphatic carboxylic acids is 1. The summed E-state index contributed by atoms with van der Waals surface area (Å²) in [4.78, 5) is 15.9. The maximum absolute atomic E-state index is 11.4. The Bertz CT molecular complexity index is 464. The number of aryl methyl sites for hydroxylation is 1. The molecule has 1 saturated carbocycles. The van der Waals surface area contributed by atoms with E-state index in [9.17, 15) is 9.90 Å². The van der Waals surface area contributed by atoms with E-state index in [1.54, 1.807) is 0 Å². The van der Waals surface area contributed by atoms with Gasteiger partial charge in [-0.3, -0.25) is 9.78 Å². The molecule has 1 aliphatic rings. The van der Waals surface area contributed by atoms with Crippen molar-refractivity contribution in [3.63, 3.8) is 0 Å². The molecule has 1 fully saturated rings. The van der Waals surface area contributed by atoms with Crippen LogP contribution in [0.5, 0.6) is 0 Å². The van der Waals surface area contributed by atoms with Crippen LogP contribution < -0.4 is 0 Å². The SMILES string of the molecule is CCc1ccc(CC2CC(C)(C)CCC2C(=O)O)nc1. The Kier molecular flexibility index (Phi) is 4.46. The second-order valence-electron chi connectivity index (χ2n) is 6.83. The van der Waals surface area contributed by atoms with Crippen LogP contribution in [0.4, 0.5) is 0 Å². The van der Waals surface area contributed by atoms with Crippen LogP contribution in [0, 0.1) is 17.3 Å². The second kappa shape index (κ2) is 5.94. The lowest BCUT2D eigenvalue weighted by Crippen LogP contribution is -2.35. The van der Waals surface area contributed by atoms with Gasteiger partial charge >= 0.3 is 5.97 Å². The Morgan fingerprint density at radius 2 is 2.20 bits per heavy atom. The molecule has 1 aliphatic carbocycles. The molecule has 2 unspecified atom stereocenters. The Hall–Kier alpha value is -1.38. The van der Waals surface area contributed by atoms with Crippen molar-refractivity contribution in [1.29, 1.82) is 0 Å². The Balaban J connectivity index is 2.11. The van der Waals surface area contributed by atoms with Crippen LogP contribution in [-0.4, -0.2) is 16.1 Å². The monoisotopic (exact) mass is 275 g/mol. The Morgan fingerprint density at radius 3 is 2.75 bits per heavy atom. The number of aromatic nitrogens is 1. The van der Waals surface area contributed by atoms with Crippen molar-refractivity contribution < 1.29 is 9.90 Å². The van der Waals surface area contributed by atoms with Gasteiger partial charge in [0.05, 0.1) is 5.92 Å². The van der Waals surface area contributed by atoms with E-state index in [0.717, 1.165) is 37.8 Å². The van der Waals surface area contributed by atoms with E-state index in [1.165, 1.54) is 5.56 Å². The third-order valence-corrected chi connectivity index (χ3v) is 4.60. The van der Waals surface area contributed by atoms with Gasteiger partial charge in [0.25, 0.3) is 0 Å². The number of nitrogens with zero attached hydrogens (tertiary/aromatic N) is 1. The molecule has 2 rings (SSSR count). The zero-order chi connectivity index (χ0) is 14.8. The minimum Gasteiger partial charge on any atom is -0.481 e. The molecule has 3 heteroatoms. The highest BCUT2D eigenvalue weighted by atomic mass is 16.4. The lowest BCUT2D eigenvalue weighted by atomic mass is 9.66. The normalized spacial score (nSPS) is 25.4. The van der Waals surface area contributed by atoms with Gasteiger partial charge in [-0.2, -0.15) is 0 Å². The summed E-state index contributed by atoms with van der Waals surface area (Å²) >= 11 is 0. The fourth-order valence-corrected chi connectivity index (χ4v) is 3.33. The van der Waals surface area contributed by atoms with Crippen LogP contribution in [-0.2, 0) is 17.6 Å². The Morgan fingerprint density at radius 1 is 1.45 bits per heavy atom. The van der Waals surface area contributed by atoms with Crippen molar-refractivity contribution in [2.75, 3.05) is 0 Å². The number of hydrogen-bond donors (Lipinski definition) is 1. The molecular weight excluding hydrogens is 250 g/mol. The molecular formula is C17H25NO2. The average Bonchev–Trinajstić information content (AvgIpc) is 2.38. The van der Waals surface area contributed by atoms with Crippen molar-refractivity contribution in [2.45, 2.75) is 52.9 Å². The smallest absolute Gasteiger partial charge is 0.306 e. The minimum atomic E-state index is -0.643. The quantitative estimate of drug-likeness (QED) is 0.911. The number of hydrogen-bond acceptors (Lipinski definition) is 2. The first-order valence-corrected chi connectivity index (χ1v) is 7.58. The predicted octanol–water partition coefficient (Wildman–Crippen LogP) is 3.71. The standard InChI is InChI=1S/C17H25NO2/c1-4-12-5-6-14(18-11-12)9-13-10-17(2,3)8-7-15(13)16(19)20/h5-6,11,13,15H,4,7-10H2,1-3H3,(H,19,20). The van der Waals surface area contributed by atoms with E-state index < -0.39 is 5.97 Å². The highest BCUT2D eigenvalue weighted by Crippen LogP contribution is 2.43. The molecule has 0 aliphatic heterocycles. The van der Waals surface area contributed by atoms with Gasteiger partial charge in [0.1, 0.15) is 0 Å². The first-order chi connectivity index (χ1) is 9.41. The van der Waals surface area contributed by atoms with Crippen LogP contribution in [0.15, 0.2) is 18.3 Å². The highest BCUT2D eigenvalue weighted by Gasteiger charge is 2.38. The summed E-state index contributed by atoms with van der Waals surface area (Å²) in [5.41, 5.74) is 2.50. The van der Waals surface area contributed by atoms with Crippen molar-refractivity contribution in [3.05, 3.63) is 29.6 Å². The topological polar surface area (TPSA) is 50.2 Å². The largest absolute Gasteiger partial charge is 0.481 e. The minimum absolute atomic E-state index is 0.205. The van der Waals surface area contributed by atoms with Gasteiger partial charge in [0.2, 0.25) is 0 Å². The van der Waals surface area contributed by atoms with Crippen molar-refractivity contribution >= 4 is 5.97 Å². The molecule has 3 nitrogen and oxygen atoms in total. The molecule has 0 amide bonds. The van der Waals surface area contributed by atoms with Gasteiger partial charge < -0.3 is 5.11 Å². The van der Waals surface area contributed by atoms with E-state index in [0.29, 0.717) is 0 Å². The zero-order valence-electron chi connectivity index (χ0n) is 12.7. The molecule has 1 heterocycles. The molecule has 0 spiro atoms. The zero-order valence-corrected chi connectivity index (χ0v) is 12.7. The maximum Gasteiger partial charge on any atom is 0.306 e. The van der Waals surface area contributed by atoms with E-state index in [2.05, 4.69) is 37.9 Å². The van der Waals surface area contributed by atoms with E-state index in [4.69, 9.17) is 0 Å². The van der Waals surface area contributed by atoms with Gasteiger partial charge in [-0.25, -0.2) is 0 Å². The fourth-order valence-electron chi connectivity index (χ4n) is 3.33. The fraction of sp³-hybridized carbons (Fsp3) is 0.647. The average molecular weight is 275 g/mol. The van der Waals surface area contributed by atoms with Crippen LogP contribution >= 0.6 is 0 Å². The summed E-state index contributed by atoms with van der Waals surface area (Å²) in [6, 6.07) is 4.16. The van der Waals surface area contributed by atoms with Crippen LogP contribution in [0.1, 0.15) is 51.3 Å². The van der Waals surface area contributed by atoms with Crippen LogP contribution in [0.2, 0.25) is 0 Å². The molecule has 0 radical (unpaired) electrons. The molecule has 0 saturated heterocycles.